The Hall–Kier alpha value is -1.07. The van der Waals surface area contributed by atoms with Crippen molar-refractivity contribution in [3.8, 4) is 5.75 Å². The lowest BCUT2D eigenvalue weighted by atomic mass is 10.0. The molecule has 112 valence electrons. The second kappa shape index (κ2) is 8.27. The summed E-state index contributed by atoms with van der Waals surface area (Å²) in [6.07, 6.45) is 0. The van der Waals surface area contributed by atoms with Crippen molar-refractivity contribution in [2.24, 2.45) is 5.92 Å². The van der Waals surface area contributed by atoms with Crippen LogP contribution in [0.1, 0.15) is 31.1 Å². The molecule has 20 heavy (non-hydrogen) atoms. The van der Waals surface area contributed by atoms with Gasteiger partial charge in [0.15, 0.2) is 0 Å². The molecule has 0 saturated heterocycles. The number of hydrogen-bond acceptors (Lipinski definition) is 3. The maximum atomic E-state index is 12.4. The molecule has 0 aliphatic heterocycles. The minimum Gasteiger partial charge on any atom is -0.497 e. The summed E-state index contributed by atoms with van der Waals surface area (Å²) in [4.78, 5) is 12.4. The zero-order chi connectivity index (χ0) is 15.1. The molecule has 0 aromatic heterocycles. The molecule has 0 saturated carbocycles. The lowest BCUT2D eigenvalue weighted by molar-refractivity contribution is 0.0805. The molecule has 1 amide bonds. The van der Waals surface area contributed by atoms with Crippen LogP contribution in [0.25, 0.3) is 0 Å². The van der Waals surface area contributed by atoms with Crippen molar-refractivity contribution in [3.05, 3.63) is 28.2 Å². The average molecular weight is 344 g/mol. The summed E-state index contributed by atoms with van der Waals surface area (Å²) in [5, 5.41) is 3.01. The van der Waals surface area contributed by atoms with Crippen molar-refractivity contribution in [1.29, 1.82) is 0 Å². The summed E-state index contributed by atoms with van der Waals surface area (Å²) in [6.45, 7) is 7.22. The van der Waals surface area contributed by atoms with Crippen LogP contribution >= 0.6 is 15.9 Å². The Morgan fingerprint density at radius 2 is 2.10 bits per heavy atom. The first-order valence-electron chi connectivity index (χ1n) is 6.71. The van der Waals surface area contributed by atoms with E-state index in [0.717, 1.165) is 4.47 Å². The van der Waals surface area contributed by atoms with E-state index in [2.05, 4.69) is 35.1 Å². The molecule has 0 radical (unpaired) electrons. The first kappa shape index (κ1) is 17.0. The van der Waals surface area contributed by atoms with Crippen LogP contribution in [0.15, 0.2) is 22.7 Å². The molecule has 1 rings (SSSR count). The fourth-order valence-electron chi connectivity index (χ4n) is 1.70. The molecular formula is C15H22BrNO3. The SMILES string of the molecule is CCOCC(NC(=O)c1cc(OC)ccc1Br)C(C)C. The minimum absolute atomic E-state index is 0.0134. The van der Waals surface area contributed by atoms with Gasteiger partial charge in [0.05, 0.1) is 25.3 Å². The van der Waals surface area contributed by atoms with E-state index in [0.29, 0.717) is 30.4 Å². The third-order valence-electron chi connectivity index (χ3n) is 3.04. The van der Waals surface area contributed by atoms with Crippen molar-refractivity contribution in [3.63, 3.8) is 0 Å². The van der Waals surface area contributed by atoms with Gasteiger partial charge in [-0.2, -0.15) is 0 Å². The molecule has 5 heteroatoms. The van der Waals surface area contributed by atoms with Crippen LogP contribution in [-0.4, -0.2) is 32.3 Å². The van der Waals surface area contributed by atoms with Crippen LogP contribution in [-0.2, 0) is 4.74 Å². The number of amides is 1. The van der Waals surface area contributed by atoms with Gasteiger partial charge in [0.25, 0.3) is 5.91 Å². The molecule has 0 aliphatic carbocycles. The Kier molecular flexibility index (Phi) is 7.02. The molecule has 1 aromatic carbocycles. The Labute approximate surface area is 129 Å². The lowest BCUT2D eigenvalue weighted by Crippen LogP contribution is -2.42. The van der Waals surface area contributed by atoms with Gasteiger partial charge in [-0.3, -0.25) is 4.79 Å². The molecule has 0 fully saturated rings. The van der Waals surface area contributed by atoms with E-state index in [1.54, 1.807) is 25.3 Å². The Bertz CT molecular complexity index is 449. The largest absolute Gasteiger partial charge is 0.497 e. The molecule has 0 heterocycles. The maximum Gasteiger partial charge on any atom is 0.252 e. The fraction of sp³-hybridized carbons (Fsp3) is 0.533. The smallest absolute Gasteiger partial charge is 0.252 e. The van der Waals surface area contributed by atoms with Crippen LogP contribution in [0.3, 0.4) is 0 Å². The average Bonchev–Trinajstić information content (AvgIpc) is 2.43. The maximum absolute atomic E-state index is 12.4. The number of rotatable bonds is 7. The molecule has 0 aliphatic rings. The van der Waals surface area contributed by atoms with Gasteiger partial charge in [-0.05, 0) is 47.0 Å². The van der Waals surface area contributed by atoms with Gasteiger partial charge in [-0.15, -0.1) is 0 Å². The topological polar surface area (TPSA) is 47.6 Å². The van der Waals surface area contributed by atoms with Gasteiger partial charge in [-0.1, -0.05) is 13.8 Å². The predicted molar refractivity (Wildman–Crippen MR) is 83.3 cm³/mol. The monoisotopic (exact) mass is 343 g/mol. The number of carbonyl (C=O) groups is 1. The van der Waals surface area contributed by atoms with E-state index < -0.39 is 0 Å². The molecule has 0 bridgehead atoms. The van der Waals surface area contributed by atoms with E-state index >= 15 is 0 Å². The van der Waals surface area contributed by atoms with Gasteiger partial charge in [0.1, 0.15) is 5.75 Å². The van der Waals surface area contributed by atoms with Crippen LogP contribution in [0.5, 0.6) is 5.75 Å². The quantitative estimate of drug-likeness (QED) is 0.826. The number of benzene rings is 1. The molecule has 1 N–H and O–H groups in total. The number of ether oxygens (including phenoxy) is 2. The first-order valence-corrected chi connectivity index (χ1v) is 7.51. The van der Waals surface area contributed by atoms with Crippen molar-refractivity contribution in [2.75, 3.05) is 20.3 Å². The number of hydrogen-bond donors (Lipinski definition) is 1. The number of nitrogens with one attached hydrogen (secondary N) is 1. The highest BCUT2D eigenvalue weighted by Crippen LogP contribution is 2.22. The van der Waals surface area contributed by atoms with Crippen molar-refractivity contribution >= 4 is 21.8 Å². The molecule has 1 atom stereocenters. The highest BCUT2D eigenvalue weighted by atomic mass is 79.9. The zero-order valence-corrected chi connectivity index (χ0v) is 14.0. The number of carbonyl (C=O) groups excluding carboxylic acids is 1. The minimum atomic E-state index is -0.130. The van der Waals surface area contributed by atoms with Crippen molar-refractivity contribution in [1.82, 2.24) is 5.32 Å². The van der Waals surface area contributed by atoms with Crippen LogP contribution < -0.4 is 10.1 Å². The second-order valence-electron chi connectivity index (χ2n) is 4.83. The van der Waals surface area contributed by atoms with Gasteiger partial charge >= 0.3 is 0 Å². The second-order valence-corrected chi connectivity index (χ2v) is 5.68. The van der Waals surface area contributed by atoms with E-state index in [9.17, 15) is 4.79 Å². The fourth-order valence-corrected chi connectivity index (χ4v) is 2.12. The Morgan fingerprint density at radius 1 is 1.40 bits per heavy atom. The molecule has 4 nitrogen and oxygen atoms in total. The summed E-state index contributed by atoms with van der Waals surface area (Å²) in [5.74, 6) is 0.827. The number of methoxy groups -OCH3 is 1. The van der Waals surface area contributed by atoms with E-state index in [1.165, 1.54) is 0 Å². The zero-order valence-electron chi connectivity index (χ0n) is 12.4. The van der Waals surface area contributed by atoms with Crippen LogP contribution in [0, 0.1) is 5.92 Å². The highest BCUT2D eigenvalue weighted by molar-refractivity contribution is 9.10. The Morgan fingerprint density at radius 3 is 2.65 bits per heavy atom. The molecule has 0 spiro atoms. The highest BCUT2D eigenvalue weighted by Gasteiger charge is 2.19. The van der Waals surface area contributed by atoms with Gasteiger partial charge in [0, 0.05) is 11.1 Å². The normalized spacial score (nSPS) is 12.3. The van der Waals surface area contributed by atoms with Gasteiger partial charge in [0.2, 0.25) is 0 Å². The standard InChI is InChI=1S/C15H22BrNO3/c1-5-20-9-14(10(2)3)17-15(18)12-8-11(19-4)6-7-13(12)16/h6-8,10,14H,5,9H2,1-4H3,(H,17,18). The summed E-state index contributed by atoms with van der Waals surface area (Å²) in [7, 11) is 1.58. The van der Waals surface area contributed by atoms with Crippen LogP contribution in [0.2, 0.25) is 0 Å². The van der Waals surface area contributed by atoms with Crippen molar-refractivity contribution < 1.29 is 14.3 Å². The lowest BCUT2D eigenvalue weighted by Gasteiger charge is -2.22. The summed E-state index contributed by atoms with van der Waals surface area (Å²) < 4.78 is 11.3. The first-order chi connectivity index (χ1) is 9.49. The number of halogens is 1. The predicted octanol–water partition coefficient (Wildman–Crippen LogP) is 3.25. The third-order valence-corrected chi connectivity index (χ3v) is 3.73. The Balaban J connectivity index is 2.82. The molecule has 1 unspecified atom stereocenters. The van der Waals surface area contributed by atoms with E-state index in [-0.39, 0.29) is 11.9 Å². The van der Waals surface area contributed by atoms with Gasteiger partial charge in [-0.25, -0.2) is 0 Å². The molecule has 1 aromatic rings. The van der Waals surface area contributed by atoms with Crippen molar-refractivity contribution in [2.45, 2.75) is 26.8 Å². The van der Waals surface area contributed by atoms with E-state index in [1.807, 2.05) is 6.92 Å². The van der Waals surface area contributed by atoms with Crippen LogP contribution in [0.4, 0.5) is 0 Å². The van der Waals surface area contributed by atoms with E-state index in [4.69, 9.17) is 9.47 Å². The molecular weight excluding hydrogens is 322 g/mol. The summed E-state index contributed by atoms with van der Waals surface area (Å²) in [6, 6.07) is 5.32. The van der Waals surface area contributed by atoms with Gasteiger partial charge < -0.3 is 14.8 Å². The summed E-state index contributed by atoms with van der Waals surface area (Å²) >= 11 is 3.39. The summed E-state index contributed by atoms with van der Waals surface area (Å²) in [5.41, 5.74) is 0.562. The third kappa shape index (κ3) is 4.80.